The van der Waals surface area contributed by atoms with Gasteiger partial charge in [-0.1, -0.05) is 26.0 Å². The zero-order valence-electron chi connectivity index (χ0n) is 14.0. The number of hydrogen-bond acceptors (Lipinski definition) is 3. The van der Waals surface area contributed by atoms with E-state index in [1.165, 1.54) is 12.1 Å². The Kier molecular flexibility index (Phi) is 7.13. The number of alkyl halides is 2. The summed E-state index contributed by atoms with van der Waals surface area (Å²) in [4.78, 5) is 23.1. The zero-order valence-corrected chi connectivity index (χ0v) is 14.0. The van der Waals surface area contributed by atoms with Crippen molar-refractivity contribution in [3.05, 3.63) is 29.8 Å². The van der Waals surface area contributed by atoms with Gasteiger partial charge in [0.25, 0.3) is 0 Å². The molecule has 0 aliphatic carbocycles. The summed E-state index contributed by atoms with van der Waals surface area (Å²) in [5, 5.41) is 11.8. The highest BCUT2D eigenvalue weighted by Gasteiger charge is 2.32. The maximum Gasteiger partial charge on any atom is 0.387 e. The maximum atomic E-state index is 12.1. The topological polar surface area (TPSA) is 75.6 Å². The van der Waals surface area contributed by atoms with Gasteiger partial charge in [-0.3, -0.25) is 9.59 Å². The normalized spacial score (nSPS) is 13.6. The monoisotopic (exact) mass is 343 g/mol. The van der Waals surface area contributed by atoms with Gasteiger partial charge in [0.2, 0.25) is 5.91 Å². The molecule has 0 aromatic heterocycles. The standard InChI is InChI=1S/C17H23F2NO4/c1-11(2)17(3,10-15(22)23)20-14(21)9-6-12-4-7-13(8-5-12)24-16(18)19/h4-5,7-8,11,16H,6,9-10H2,1-3H3,(H,20,21)(H,22,23). The van der Waals surface area contributed by atoms with Crippen molar-refractivity contribution in [2.75, 3.05) is 0 Å². The van der Waals surface area contributed by atoms with Crippen LogP contribution in [-0.4, -0.2) is 29.1 Å². The molecule has 0 radical (unpaired) electrons. The van der Waals surface area contributed by atoms with Crippen molar-refractivity contribution in [3.63, 3.8) is 0 Å². The van der Waals surface area contributed by atoms with Crippen LogP contribution in [0.25, 0.3) is 0 Å². The lowest BCUT2D eigenvalue weighted by molar-refractivity contribution is -0.139. The Hall–Kier alpha value is -2.18. The second-order valence-electron chi connectivity index (χ2n) is 6.21. The van der Waals surface area contributed by atoms with E-state index in [0.29, 0.717) is 6.42 Å². The van der Waals surface area contributed by atoms with E-state index in [-0.39, 0.29) is 30.4 Å². The third-order valence-electron chi connectivity index (χ3n) is 4.01. The van der Waals surface area contributed by atoms with Crippen molar-refractivity contribution in [3.8, 4) is 5.75 Å². The summed E-state index contributed by atoms with van der Waals surface area (Å²) in [7, 11) is 0. The molecule has 1 amide bonds. The predicted molar refractivity (Wildman–Crippen MR) is 85.0 cm³/mol. The van der Waals surface area contributed by atoms with Crippen molar-refractivity contribution in [1.82, 2.24) is 5.32 Å². The SMILES string of the molecule is CC(C)C(C)(CC(=O)O)NC(=O)CCc1ccc(OC(F)F)cc1. The van der Waals surface area contributed by atoms with Gasteiger partial charge >= 0.3 is 12.6 Å². The molecule has 1 atom stereocenters. The van der Waals surface area contributed by atoms with Crippen molar-refractivity contribution in [1.29, 1.82) is 0 Å². The molecule has 0 bridgehead atoms. The molecule has 0 heterocycles. The quantitative estimate of drug-likeness (QED) is 0.722. The number of aliphatic carboxylic acids is 1. The summed E-state index contributed by atoms with van der Waals surface area (Å²) in [5.41, 5.74) is -0.0195. The fourth-order valence-corrected chi connectivity index (χ4v) is 2.18. The van der Waals surface area contributed by atoms with Crippen LogP contribution in [0.1, 0.15) is 39.2 Å². The van der Waals surface area contributed by atoms with E-state index in [0.717, 1.165) is 5.56 Å². The summed E-state index contributed by atoms with van der Waals surface area (Å²) < 4.78 is 28.4. The predicted octanol–water partition coefficient (Wildman–Crippen LogP) is 3.23. The number of halogens is 2. The minimum absolute atomic E-state index is 0.0386. The Morgan fingerprint density at radius 1 is 1.25 bits per heavy atom. The molecule has 0 spiro atoms. The molecule has 24 heavy (non-hydrogen) atoms. The molecule has 1 unspecified atom stereocenters. The second kappa shape index (κ2) is 8.61. The first kappa shape index (κ1) is 19.9. The van der Waals surface area contributed by atoms with Crippen LogP contribution >= 0.6 is 0 Å². The van der Waals surface area contributed by atoms with Crippen LogP contribution in [0.3, 0.4) is 0 Å². The number of nitrogens with one attached hydrogen (secondary N) is 1. The highest BCUT2D eigenvalue weighted by molar-refractivity contribution is 5.78. The van der Waals surface area contributed by atoms with Gasteiger partial charge in [-0.05, 0) is 37.0 Å². The molecular weight excluding hydrogens is 320 g/mol. The van der Waals surface area contributed by atoms with Gasteiger partial charge in [0.15, 0.2) is 0 Å². The first-order chi connectivity index (χ1) is 11.1. The molecule has 7 heteroatoms. The Morgan fingerprint density at radius 3 is 2.29 bits per heavy atom. The molecular formula is C17H23F2NO4. The van der Waals surface area contributed by atoms with Crippen LogP contribution in [0.4, 0.5) is 8.78 Å². The third-order valence-corrected chi connectivity index (χ3v) is 4.01. The number of rotatable bonds is 9. The van der Waals surface area contributed by atoms with Crippen molar-refractivity contribution in [2.24, 2.45) is 5.92 Å². The summed E-state index contributed by atoms with van der Waals surface area (Å²) in [6, 6.07) is 6.07. The lowest BCUT2D eigenvalue weighted by Crippen LogP contribution is -2.51. The number of ether oxygens (including phenoxy) is 1. The van der Waals surface area contributed by atoms with Crippen LogP contribution in [0, 0.1) is 5.92 Å². The fraction of sp³-hybridized carbons (Fsp3) is 0.529. The lowest BCUT2D eigenvalue weighted by Gasteiger charge is -2.33. The third kappa shape index (κ3) is 6.52. The number of carbonyl (C=O) groups is 2. The van der Waals surface area contributed by atoms with Gasteiger partial charge in [0, 0.05) is 12.0 Å². The smallest absolute Gasteiger partial charge is 0.387 e. The highest BCUT2D eigenvalue weighted by atomic mass is 19.3. The summed E-state index contributed by atoms with van der Waals surface area (Å²) in [6.07, 6.45) is 0.440. The van der Waals surface area contributed by atoms with Crippen LogP contribution < -0.4 is 10.1 Å². The minimum Gasteiger partial charge on any atom is -0.481 e. The largest absolute Gasteiger partial charge is 0.481 e. The van der Waals surface area contributed by atoms with Gasteiger partial charge in [-0.2, -0.15) is 8.78 Å². The average Bonchev–Trinajstić information content (AvgIpc) is 2.44. The Morgan fingerprint density at radius 2 is 1.83 bits per heavy atom. The average molecular weight is 343 g/mol. The number of aryl methyl sites for hydroxylation is 1. The number of carbonyl (C=O) groups excluding carboxylic acids is 1. The summed E-state index contributed by atoms with van der Waals surface area (Å²) >= 11 is 0. The molecule has 1 aromatic carbocycles. The lowest BCUT2D eigenvalue weighted by atomic mass is 9.85. The van der Waals surface area contributed by atoms with Crippen molar-refractivity contribution < 1.29 is 28.2 Å². The first-order valence-corrected chi connectivity index (χ1v) is 7.69. The molecule has 0 aliphatic rings. The minimum atomic E-state index is -2.87. The van der Waals surface area contributed by atoms with Crippen LogP contribution in [0.15, 0.2) is 24.3 Å². The van der Waals surface area contributed by atoms with E-state index in [1.807, 2.05) is 13.8 Å². The van der Waals surface area contributed by atoms with Gasteiger partial charge in [-0.25, -0.2) is 0 Å². The number of carboxylic acid groups (broad SMARTS) is 1. The van der Waals surface area contributed by atoms with E-state index in [2.05, 4.69) is 10.1 Å². The zero-order chi connectivity index (χ0) is 18.3. The Bertz CT molecular complexity index is 560. The molecule has 0 saturated carbocycles. The molecule has 134 valence electrons. The van der Waals surface area contributed by atoms with E-state index < -0.39 is 18.1 Å². The Balaban J connectivity index is 2.57. The molecule has 0 saturated heterocycles. The van der Waals surface area contributed by atoms with Crippen LogP contribution in [-0.2, 0) is 16.0 Å². The van der Waals surface area contributed by atoms with Gasteiger partial charge < -0.3 is 15.2 Å². The van der Waals surface area contributed by atoms with Crippen LogP contribution in [0.2, 0.25) is 0 Å². The highest BCUT2D eigenvalue weighted by Crippen LogP contribution is 2.21. The van der Waals surface area contributed by atoms with Crippen LogP contribution in [0.5, 0.6) is 5.75 Å². The van der Waals surface area contributed by atoms with E-state index in [1.54, 1.807) is 19.1 Å². The molecule has 0 fully saturated rings. The molecule has 2 N–H and O–H groups in total. The van der Waals surface area contributed by atoms with Gasteiger partial charge in [0.05, 0.1) is 6.42 Å². The maximum absolute atomic E-state index is 12.1. The number of benzene rings is 1. The first-order valence-electron chi connectivity index (χ1n) is 7.69. The molecule has 5 nitrogen and oxygen atoms in total. The molecule has 0 aliphatic heterocycles. The van der Waals surface area contributed by atoms with E-state index in [4.69, 9.17) is 5.11 Å². The fourth-order valence-electron chi connectivity index (χ4n) is 2.18. The number of carboxylic acids is 1. The van der Waals surface area contributed by atoms with Gasteiger partial charge in [0.1, 0.15) is 5.75 Å². The molecule has 1 rings (SSSR count). The summed E-state index contributed by atoms with van der Waals surface area (Å²) in [6.45, 7) is 2.54. The van der Waals surface area contributed by atoms with Crippen molar-refractivity contribution in [2.45, 2.75) is 52.2 Å². The summed E-state index contributed by atoms with van der Waals surface area (Å²) in [5.74, 6) is -1.20. The van der Waals surface area contributed by atoms with E-state index >= 15 is 0 Å². The number of hydrogen-bond donors (Lipinski definition) is 2. The Labute approximate surface area is 140 Å². The van der Waals surface area contributed by atoms with E-state index in [9.17, 15) is 18.4 Å². The van der Waals surface area contributed by atoms with Gasteiger partial charge in [-0.15, -0.1) is 0 Å². The second-order valence-corrected chi connectivity index (χ2v) is 6.21. The number of amides is 1. The van der Waals surface area contributed by atoms with Crippen molar-refractivity contribution >= 4 is 11.9 Å². The molecule has 1 aromatic rings.